The highest BCUT2D eigenvalue weighted by Gasteiger charge is 2.20. The van der Waals surface area contributed by atoms with Gasteiger partial charge in [-0.15, -0.1) is 0 Å². The van der Waals surface area contributed by atoms with Crippen LogP contribution < -0.4 is 10.2 Å². The second-order valence-corrected chi connectivity index (χ2v) is 6.31. The molecule has 0 bridgehead atoms. The van der Waals surface area contributed by atoms with E-state index in [-0.39, 0.29) is 0 Å². The van der Waals surface area contributed by atoms with Crippen molar-refractivity contribution < 1.29 is 0 Å². The van der Waals surface area contributed by atoms with Crippen molar-refractivity contribution in [3.05, 3.63) is 24.3 Å². The molecule has 3 rings (SSSR count). The standard InChI is InChI=1S/C14H18N4S/c1-10-9-18(7-8-19-10)13-11-5-3-4-6-12(11)16-14(15-2)17-13/h3-6,10H,7-9H2,1-2H3,(H,15,16,17). The summed E-state index contributed by atoms with van der Waals surface area (Å²) in [6.07, 6.45) is 0. The SMILES string of the molecule is CNc1nc(N2CCSC(C)C2)c2ccccc2n1. The summed E-state index contributed by atoms with van der Waals surface area (Å²) < 4.78 is 0. The third-order valence-corrected chi connectivity index (χ3v) is 4.48. The number of hydrogen-bond acceptors (Lipinski definition) is 5. The van der Waals surface area contributed by atoms with E-state index in [1.54, 1.807) is 0 Å². The van der Waals surface area contributed by atoms with Crippen molar-refractivity contribution in [2.75, 3.05) is 36.1 Å². The van der Waals surface area contributed by atoms with Crippen LogP contribution in [0.4, 0.5) is 11.8 Å². The van der Waals surface area contributed by atoms with Crippen molar-refractivity contribution in [3.63, 3.8) is 0 Å². The van der Waals surface area contributed by atoms with Crippen molar-refractivity contribution in [2.24, 2.45) is 0 Å². The van der Waals surface area contributed by atoms with Crippen molar-refractivity contribution >= 4 is 34.4 Å². The molecule has 0 spiro atoms. The van der Waals surface area contributed by atoms with Crippen molar-refractivity contribution in [1.82, 2.24) is 9.97 Å². The zero-order valence-electron chi connectivity index (χ0n) is 11.3. The number of fused-ring (bicyclic) bond motifs is 1. The summed E-state index contributed by atoms with van der Waals surface area (Å²) in [4.78, 5) is 11.6. The van der Waals surface area contributed by atoms with Gasteiger partial charge in [-0.3, -0.25) is 0 Å². The smallest absolute Gasteiger partial charge is 0.224 e. The minimum absolute atomic E-state index is 0.653. The Balaban J connectivity index is 2.10. The number of rotatable bonds is 2. The number of nitrogens with zero attached hydrogens (tertiary/aromatic N) is 3. The van der Waals surface area contributed by atoms with Crippen LogP contribution in [-0.4, -0.2) is 41.1 Å². The van der Waals surface area contributed by atoms with Crippen LogP contribution in [0.5, 0.6) is 0 Å². The third kappa shape index (κ3) is 2.47. The van der Waals surface area contributed by atoms with E-state index in [9.17, 15) is 0 Å². The fourth-order valence-corrected chi connectivity index (χ4v) is 3.44. The number of hydrogen-bond donors (Lipinski definition) is 1. The van der Waals surface area contributed by atoms with Crippen LogP contribution in [-0.2, 0) is 0 Å². The van der Waals surface area contributed by atoms with Gasteiger partial charge in [-0.2, -0.15) is 16.7 Å². The summed E-state index contributed by atoms with van der Waals surface area (Å²) in [5.41, 5.74) is 1.00. The molecule has 1 aliphatic heterocycles. The Labute approximate surface area is 117 Å². The van der Waals surface area contributed by atoms with Crippen molar-refractivity contribution in [2.45, 2.75) is 12.2 Å². The zero-order valence-corrected chi connectivity index (χ0v) is 12.1. The van der Waals surface area contributed by atoms with Gasteiger partial charge in [0.2, 0.25) is 5.95 Å². The minimum Gasteiger partial charge on any atom is -0.357 e. The van der Waals surface area contributed by atoms with Crippen LogP contribution in [0.3, 0.4) is 0 Å². The molecule has 0 saturated carbocycles. The largest absolute Gasteiger partial charge is 0.357 e. The number of anilines is 2. The monoisotopic (exact) mass is 274 g/mol. The van der Waals surface area contributed by atoms with E-state index in [2.05, 4.69) is 39.2 Å². The fourth-order valence-electron chi connectivity index (χ4n) is 2.42. The van der Waals surface area contributed by atoms with Crippen LogP contribution in [0.1, 0.15) is 6.92 Å². The molecule has 1 aliphatic rings. The molecule has 1 saturated heterocycles. The third-order valence-electron chi connectivity index (χ3n) is 3.35. The first-order valence-corrected chi connectivity index (χ1v) is 7.64. The maximum Gasteiger partial charge on any atom is 0.224 e. The van der Waals surface area contributed by atoms with Crippen LogP contribution in [0, 0.1) is 0 Å². The lowest BCUT2D eigenvalue weighted by molar-refractivity contribution is 0.773. The summed E-state index contributed by atoms with van der Waals surface area (Å²) in [6, 6.07) is 8.23. The Morgan fingerprint density at radius 1 is 1.32 bits per heavy atom. The number of nitrogens with one attached hydrogen (secondary N) is 1. The Morgan fingerprint density at radius 2 is 2.16 bits per heavy atom. The van der Waals surface area contributed by atoms with E-state index in [1.165, 1.54) is 0 Å². The topological polar surface area (TPSA) is 41.1 Å². The lowest BCUT2D eigenvalue weighted by Gasteiger charge is -2.32. The summed E-state index contributed by atoms with van der Waals surface area (Å²) in [7, 11) is 1.86. The Bertz CT molecular complexity index is 587. The van der Waals surface area contributed by atoms with E-state index in [4.69, 9.17) is 0 Å². The predicted octanol–water partition coefficient (Wildman–Crippen LogP) is 2.61. The van der Waals surface area contributed by atoms with Crippen LogP contribution >= 0.6 is 11.8 Å². The molecule has 0 amide bonds. The molecule has 4 nitrogen and oxygen atoms in total. The summed E-state index contributed by atoms with van der Waals surface area (Å²) in [6.45, 7) is 4.38. The van der Waals surface area contributed by atoms with Crippen LogP contribution in [0.15, 0.2) is 24.3 Å². The van der Waals surface area contributed by atoms with Gasteiger partial charge < -0.3 is 10.2 Å². The van der Waals surface area contributed by atoms with Gasteiger partial charge in [0.25, 0.3) is 0 Å². The van der Waals surface area contributed by atoms with E-state index in [1.807, 2.05) is 30.9 Å². The molecule has 0 radical (unpaired) electrons. The summed E-state index contributed by atoms with van der Waals surface area (Å²) in [5, 5.41) is 4.85. The summed E-state index contributed by atoms with van der Waals surface area (Å²) >= 11 is 2.03. The molecule has 0 aliphatic carbocycles. The van der Waals surface area contributed by atoms with Gasteiger partial charge in [-0.25, -0.2) is 4.98 Å². The molecule has 1 N–H and O–H groups in total. The van der Waals surface area contributed by atoms with E-state index >= 15 is 0 Å². The predicted molar refractivity (Wildman–Crippen MR) is 83.2 cm³/mol. The number of thioether (sulfide) groups is 1. The first-order chi connectivity index (χ1) is 9.28. The number of aromatic nitrogens is 2. The molecule has 2 heterocycles. The molecule has 2 aromatic rings. The van der Waals surface area contributed by atoms with E-state index < -0.39 is 0 Å². The van der Waals surface area contributed by atoms with Crippen LogP contribution in [0.2, 0.25) is 0 Å². The molecule has 5 heteroatoms. The lowest BCUT2D eigenvalue weighted by atomic mass is 10.2. The highest BCUT2D eigenvalue weighted by Crippen LogP contribution is 2.29. The second-order valence-electron chi connectivity index (χ2n) is 4.77. The Kier molecular flexibility index (Phi) is 3.46. The molecule has 100 valence electrons. The van der Waals surface area contributed by atoms with Gasteiger partial charge in [-0.1, -0.05) is 19.1 Å². The maximum atomic E-state index is 4.67. The number of benzene rings is 1. The van der Waals surface area contributed by atoms with Gasteiger partial charge in [-0.05, 0) is 12.1 Å². The van der Waals surface area contributed by atoms with Crippen molar-refractivity contribution in [1.29, 1.82) is 0 Å². The van der Waals surface area contributed by atoms with E-state index in [0.29, 0.717) is 11.2 Å². The van der Waals surface area contributed by atoms with Crippen molar-refractivity contribution in [3.8, 4) is 0 Å². The Morgan fingerprint density at radius 3 is 2.95 bits per heavy atom. The van der Waals surface area contributed by atoms with Gasteiger partial charge >= 0.3 is 0 Å². The lowest BCUT2D eigenvalue weighted by Crippen LogP contribution is -2.37. The van der Waals surface area contributed by atoms with Crippen LogP contribution in [0.25, 0.3) is 10.9 Å². The molecule has 1 unspecified atom stereocenters. The normalized spacial score (nSPS) is 19.7. The average Bonchev–Trinajstić information content (AvgIpc) is 2.46. The molecule has 1 fully saturated rings. The quantitative estimate of drug-likeness (QED) is 0.911. The first-order valence-electron chi connectivity index (χ1n) is 6.59. The number of para-hydroxylation sites is 1. The maximum absolute atomic E-state index is 4.67. The van der Waals surface area contributed by atoms with Gasteiger partial charge in [0, 0.05) is 36.5 Å². The Hall–Kier alpha value is -1.49. The molecule has 1 atom stereocenters. The molecular weight excluding hydrogens is 256 g/mol. The molecule has 1 aromatic heterocycles. The average molecular weight is 274 g/mol. The summed E-state index contributed by atoms with van der Waals surface area (Å²) in [5.74, 6) is 2.91. The first kappa shape index (κ1) is 12.5. The molecule has 1 aromatic carbocycles. The minimum atomic E-state index is 0.653. The fraction of sp³-hybridized carbons (Fsp3) is 0.429. The second kappa shape index (κ2) is 5.25. The van der Waals surface area contributed by atoms with Gasteiger partial charge in [0.1, 0.15) is 5.82 Å². The highest BCUT2D eigenvalue weighted by molar-refractivity contribution is 8.00. The molecular formula is C14H18N4S. The van der Waals surface area contributed by atoms with Gasteiger partial charge in [0.15, 0.2) is 0 Å². The highest BCUT2D eigenvalue weighted by atomic mass is 32.2. The molecule has 19 heavy (non-hydrogen) atoms. The van der Waals surface area contributed by atoms with Gasteiger partial charge in [0.05, 0.1) is 5.52 Å². The zero-order chi connectivity index (χ0) is 13.2. The van der Waals surface area contributed by atoms with E-state index in [0.717, 1.165) is 35.6 Å².